The molecule has 1 nitrogen and oxygen atoms in total. The molecular formula is C14H9Br3Cl2O. The Kier molecular flexibility index (Phi) is 5.83. The van der Waals surface area contributed by atoms with Crippen molar-refractivity contribution >= 4 is 71.0 Å². The minimum atomic E-state index is -0.0784. The first-order valence-corrected chi connectivity index (χ1v) is 8.81. The van der Waals surface area contributed by atoms with Gasteiger partial charge in [-0.3, -0.25) is 0 Å². The molecule has 1 atom stereocenters. The molecule has 0 saturated carbocycles. The predicted octanol–water partition coefficient (Wildman–Crippen LogP) is 7.01. The van der Waals surface area contributed by atoms with Crippen molar-refractivity contribution in [3.63, 3.8) is 0 Å². The molecule has 6 heteroatoms. The minimum Gasteiger partial charge on any atom is -0.495 e. The molecule has 2 rings (SSSR count). The molecule has 1 unspecified atom stereocenters. The zero-order chi connectivity index (χ0) is 14.9. The molecule has 0 saturated heterocycles. The molecule has 0 aliphatic heterocycles. The predicted molar refractivity (Wildman–Crippen MR) is 95.6 cm³/mol. The number of methoxy groups -OCH3 is 1. The first-order valence-electron chi connectivity index (χ1n) is 5.56. The average Bonchev–Trinajstić information content (AvgIpc) is 2.42. The number of halogens is 5. The van der Waals surface area contributed by atoms with Crippen LogP contribution in [0.15, 0.2) is 39.3 Å². The van der Waals surface area contributed by atoms with Gasteiger partial charge in [0.25, 0.3) is 0 Å². The molecule has 106 valence electrons. The lowest BCUT2D eigenvalue weighted by Crippen LogP contribution is -1.97. The molecule has 0 fully saturated rings. The summed E-state index contributed by atoms with van der Waals surface area (Å²) in [5.41, 5.74) is 1.94. The van der Waals surface area contributed by atoms with Crippen LogP contribution in [0.5, 0.6) is 5.75 Å². The number of hydrogen-bond donors (Lipinski definition) is 0. The molecule has 0 heterocycles. The monoisotopic (exact) mass is 500 g/mol. The third-order valence-electron chi connectivity index (χ3n) is 2.78. The van der Waals surface area contributed by atoms with Crippen LogP contribution in [0.4, 0.5) is 0 Å². The first kappa shape index (κ1) is 16.6. The second kappa shape index (κ2) is 7.01. The smallest absolute Gasteiger partial charge is 0.138 e. The van der Waals surface area contributed by atoms with E-state index in [-0.39, 0.29) is 4.83 Å². The van der Waals surface area contributed by atoms with Gasteiger partial charge in [0, 0.05) is 20.0 Å². The van der Waals surface area contributed by atoms with E-state index >= 15 is 0 Å². The van der Waals surface area contributed by atoms with Crippen LogP contribution in [-0.2, 0) is 0 Å². The Bertz CT molecular complexity index is 647. The highest BCUT2D eigenvalue weighted by atomic mass is 79.9. The van der Waals surface area contributed by atoms with E-state index in [1.165, 1.54) is 0 Å². The van der Waals surface area contributed by atoms with Crippen molar-refractivity contribution in [1.29, 1.82) is 0 Å². The van der Waals surface area contributed by atoms with Gasteiger partial charge in [-0.15, -0.1) is 0 Å². The van der Waals surface area contributed by atoms with Gasteiger partial charge in [0.05, 0.1) is 17.0 Å². The number of hydrogen-bond acceptors (Lipinski definition) is 1. The van der Waals surface area contributed by atoms with Crippen molar-refractivity contribution in [3.8, 4) is 5.75 Å². The SMILES string of the molecule is COc1cc(Cl)c(C(Br)c2cc(Br)ccc2Br)cc1Cl. The zero-order valence-corrected chi connectivity index (χ0v) is 16.5. The van der Waals surface area contributed by atoms with Crippen LogP contribution in [0.3, 0.4) is 0 Å². The van der Waals surface area contributed by atoms with Crippen LogP contribution in [0.2, 0.25) is 10.0 Å². The van der Waals surface area contributed by atoms with Gasteiger partial charge < -0.3 is 4.74 Å². The molecule has 0 aromatic heterocycles. The lowest BCUT2D eigenvalue weighted by atomic mass is 10.0. The standard InChI is InChI=1S/C14H9Br3Cl2O/c1-20-13-6-11(18)9(5-12(13)19)14(17)8-4-7(15)2-3-10(8)16/h2-6,14H,1H3. The van der Waals surface area contributed by atoms with Gasteiger partial charge in [-0.25, -0.2) is 0 Å². The van der Waals surface area contributed by atoms with Gasteiger partial charge in [0.15, 0.2) is 0 Å². The van der Waals surface area contributed by atoms with E-state index in [1.807, 2.05) is 24.3 Å². The van der Waals surface area contributed by atoms with Gasteiger partial charge >= 0.3 is 0 Å². The van der Waals surface area contributed by atoms with Gasteiger partial charge in [0.1, 0.15) is 5.75 Å². The van der Waals surface area contributed by atoms with E-state index < -0.39 is 0 Å². The summed E-state index contributed by atoms with van der Waals surface area (Å²) in [6, 6.07) is 9.51. The van der Waals surface area contributed by atoms with Gasteiger partial charge in [0.2, 0.25) is 0 Å². The van der Waals surface area contributed by atoms with Gasteiger partial charge in [-0.1, -0.05) is 71.0 Å². The maximum Gasteiger partial charge on any atom is 0.138 e. The minimum absolute atomic E-state index is 0.0784. The van der Waals surface area contributed by atoms with Crippen molar-refractivity contribution in [2.24, 2.45) is 0 Å². The molecule has 0 aliphatic carbocycles. The Morgan fingerprint density at radius 3 is 2.35 bits per heavy atom. The summed E-state index contributed by atoms with van der Waals surface area (Å²) in [7, 11) is 1.56. The molecule has 2 aromatic carbocycles. The molecule has 0 amide bonds. The summed E-state index contributed by atoms with van der Waals surface area (Å²) in [5, 5.41) is 1.13. The lowest BCUT2D eigenvalue weighted by Gasteiger charge is -2.16. The van der Waals surface area contributed by atoms with E-state index in [4.69, 9.17) is 27.9 Å². The molecule has 2 aromatic rings. The van der Waals surface area contributed by atoms with Gasteiger partial charge in [-0.2, -0.15) is 0 Å². The largest absolute Gasteiger partial charge is 0.495 e. The summed E-state index contributed by atoms with van der Waals surface area (Å²) in [6.45, 7) is 0. The summed E-state index contributed by atoms with van der Waals surface area (Å²) in [6.07, 6.45) is 0. The Morgan fingerprint density at radius 2 is 1.70 bits per heavy atom. The number of ether oxygens (including phenoxy) is 1. The quantitative estimate of drug-likeness (QED) is 0.409. The third-order valence-corrected chi connectivity index (χ3v) is 5.60. The van der Waals surface area contributed by atoms with Crippen LogP contribution < -0.4 is 4.74 Å². The van der Waals surface area contributed by atoms with Crippen molar-refractivity contribution in [1.82, 2.24) is 0 Å². The molecular weight excluding hydrogens is 495 g/mol. The molecule has 0 spiro atoms. The van der Waals surface area contributed by atoms with Crippen molar-refractivity contribution in [2.45, 2.75) is 4.83 Å². The molecule has 0 radical (unpaired) electrons. The fourth-order valence-corrected chi connectivity index (χ4v) is 4.33. The van der Waals surface area contributed by atoms with E-state index in [0.717, 1.165) is 20.1 Å². The summed E-state index contributed by atoms with van der Waals surface area (Å²) >= 11 is 23.2. The number of alkyl halides is 1. The Labute approximate surface area is 153 Å². The zero-order valence-electron chi connectivity index (χ0n) is 10.3. The van der Waals surface area contributed by atoms with Crippen LogP contribution in [-0.4, -0.2) is 7.11 Å². The van der Waals surface area contributed by atoms with E-state index in [2.05, 4.69) is 47.8 Å². The van der Waals surface area contributed by atoms with Crippen LogP contribution >= 0.6 is 71.0 Å². The Morgan fingerprint density at radius 1 is 1.00 bits per heavy atom. The fraction of sp³-hybridized carbons (Fsp3) is 0.143. The summed E-state index contributed by atoms with van der Waals surface area (Å²) < 4.78 is 7.15. The highest BCUT2D eigenvalue weighted by Gasteiger charge is 2.19. The first-order chi connectivity index (χ1) is 9.43. The molecule has 20 heavy (non-hydrogen) atoms. The lowest BCUT2D eigenvalue weighted by molar-refractivity contribution is 0.415. The molecule has 0 N–H and O–H groups in total. The van der Waals surface area contributed by atoms with Crippen LogP contribution in [0.25, 0.3) is 0 Å². The average molecular weight is 504 g/mol. The molecule has 0 aliphatic rings. The van der Waals surface area contributed by atoms with Crippen LogP contribution in [0, 0.1) is 0 Å². The van der Waals surface area contributed by atoms with E-state index in [1.54, 1.807) is 13.2 Å². The van der Waals surface area contributed by atoms with Gasteiger partial charge in [-0.05, 0) is 35.4 Å². The summed E-state index contributed by atoms with van der Waals surface area (Å²) in [4.78, 5) is -0.0784. The van der Waals surface area contributed by atoms with Crippen molar-refractivity contribution in [2.75, 3.05) is 7.11 Å². The fourth-order valence-electron chi connectivity index (χ4n) is 1.77. The maximum atomic E-state index is 6.32. The van der Waals surface area contributed by atoms with Crippen molar-refractivity contribution < 1.29 is 4.74 Å². The second-order valence-corrected chi connectivity index (χ2v) is 7.54. The molecule has 0 bridgehead atoms. The number of benzene rings is 2. The maximum absolute atomic E-state index is 6.32. The normalized spacial score (nSPS) is 12.3. The Balaban J connectivity index is 2.50. The second-order valence-electron chi connectivity index (χ2n) is 4.04. The topological polar surface area (TPSA) is 9.23 Å². The van der Waals surface area contributed by atoms with Crippen molar-refractivity contribution in [3.05, 3.63) is 60.4 Å². The van der Waals surface area contributed by atoms with Crippen LogP contribution in [0.1, 0.15) is 16.0 Å². The van der Waals surface area contributed by atoms with E-state index in [0.29, 0.717) is 15.8 Å². The highest BCUT2D eigenvalue weighted by molar-refractivity contribution is 9.11. The third kappa shape index (κ3) is 3.53. The highest BCUT2D eigenvalue weighted by Crippen LogP contribution is 2.42. The number of rotatable bonds is 3. The summed E-state index contributed by atoms with van der Waals surface area (Å²) in [5.74, 6) is 0.563. The van der Waals surface area contributed by atoms with E-state index in [9.17, 15) is 0 Å². The Hall–Kier alpha value is 0.260.